The molecule has 4 heteroatoms. The molecule has 0 heterocycles. The van der Waals surface area contributed by atoms with Crippen molar-refractivity contribution in [3.63, 3.8) is 0 Å². The summed E-state index contributed by atoms with van der Waals surface area (Å²) in [4.78, 5) is 11.4. The SMILES string of the molecule is CCC(CC)COC1CCCC(NC)(C(=O)O)C1. The van der Waals surface area contributed by atoms with Gasteiger partial charge in [-0.05, 0) is 32.2 Å². The molecule has 0 bridgehead atoms. The molecule has 0 aromatic heterocycles. The van der Waals surface area contributed by atoms with Gasteiger partial charge in [0.1, 0.15) is 5.54 Å². The van der Waals surface area contributed by atoms with E-state index in [1.54, 1.807) is 7.05 Å². The number of hydrogen-bond donors (Lipinski definition) is 2. The lowest BCUT2D eigenvalue weighted by Gasteiger charge is -2.37. The van der Waals surface area contributed by atoms with Crippen molar-refractivity contribution >= 4 is 5.97 Å². The minimum atomic E-state index is -0.781. The highest BCUT2D eigenvalue weighted by molar-refractivity contribution is 5.79. The highest BCUT2D eigenvalue weighted by Gasteiger charge is 2.42. The predicted molar refractivity (Wildman–Crippen MR) is 71.7 cm³/mol. The Kier molecular flexibility index (Phi) is 6.09. The number of ether oxygens (including phenoxy) is 1. The maximum Gasteiger partial charge on any atom is 0.323 e. The lowest BCUT2D eigenvalue weighted by Crippen LogP contribution is -2.54. The van der Waals surface area contributed by atoms with Crippen LogP contribution in [-0.4, -0.2) is 36.4 Å². The van der Waals surface area contributed by atoms with Gasteiger partial charge in [-0.3, -0.25) is 4.79 Å². The van der Waals surface area contributed by atoms with Crippen LogP contribution in [0.1, 0.15) is 52.4 Å². The highest BCUT2D eigenvalue weighted by atomic mass is 16.5. The van der Waals surface area contributed by atoms with Crippen LogP contribution in [0.25, 0.3) is 0 Å². The molecule has 1 rings (SSSR count). The van der Waals surface area contributed by atoms with E-state index in [1.165, 1.54) is 0 Å². The Bertz CT molecular complexity index is 266. The maximum absolute atomic E-state index is 11.4. The molecule has 0 spiro atoms. The first-order valence-electron chi connectivity index (χ1n) is 7.11. The number of rotatable bonds is 7. The molecule has 18 heavy (non-hydrogen) atoms. The smallest absolute Gasteiger partial charge is 0.323 e. The van der Waals surface area contributed by atoms with Crippen molar-refractivity contribution in [2.24, 2.45) is 5.92 Å². The van der Waals surface area contributed by atoms with E-state index in [2.05, 4.69) is 19.2 Å². The minimum absolute atomic E-state index is 0.0860. The largest absolute Gasteiger partial charge is 0.480 e. The minimum Gasteiger partial charge on any atom is -0.480 e. The first-order chi connectivity index (χ1) is 8.57. The molecule has 1 aliphatic rings. The summed E-state index contributed by atoms with van der Waals surface area (Å²) >= 11 is 0. The normalized spacial score (nSPS) is 28.6. The van der Waals surface area contributed by atoms with Gasteiger partial charge in [0, 0.05) is 13.0 Å². The Morgan fingerprint density at radius 3 is 2.67 bits per heavy atom. The molecule has 2 atom stereocenters. The van der Waals surface area contributed by atoms with Crippen molar-refractivity contribution in [3.8, 4) is 0 Å². The number of aliphatic carboxylic acids is 1. The van der Waals surface area contributed by atoms with Crippen LogP contribution in [0.4, 0.5) is 0 Å². The second kappa shape index (κ2) is 7.10. The quantitative estimate of drug-likeness (QED) is 0.735. The van der Waals surface area contributed by atoms with Gasteiger partial charge in [-0.25, -0.2) is 0 Å². The molecular formula is C14H27NO3. The summed E-state index contributed by atoms with van der Waals surface area (Å²) in [7, 11) is 1.73. The van der Waals surface area contributed by atoms with E-state index in [4.69, 9.17) is 4.74 Å². The van der Waals surface area contributed by atoms with Gasteiger partial charge in [-0.1, -0.05) is 26.7 Å². The third-order valence-corrected chi connectivity index (χ3v) is 4.32. The third-order valence-electron chi connectivity index (χ3n) is 4.32. The number of likely N-dealkylation sites (N-methyl/N-ethyl adjacent to an activating group) is 1. The van der Waals surface area contributed by atoms with E-state index in [0.717, 1.165) is 32.3 Å². The second-order valence-electron chi connectivity index (χ2n) is 5.37. The van der Waals surface area contributed by atoms with Gasteiger partial charge >= 0.3 is 5.97 Å². The molecule has 0 aliphatic heterocycles. The summed E-state index contributed by atoms with van der Waals surface area (Å²) in [5.41, 5.74) is -0.781. The summed E-state index contributed by atoms with van der Waals surface area (Å²) in [6, 6.07) is 0. The summed E-state index contributed by atoms with van der Waals surface area (Å²) in [6.07, 6.45) is 5.52. The molecule has 2 N–H and O–H groups in total. The van der Waals surface area contributed by atoms with Gasteiger partial charge in [-0.15, -0.1) is 0 Å². The number of nitrogens with one attached hydrogen (secondary N) is 1. The van der Waals surface area contributed by atoms with E-state index in [0.29, 0.717) is 18.8 Å². The molecule has 0 amide bonds. The average molecular weight is 257 g/mol. The molecule has 0 saturated heterocycles. The molecule has 1 aliphatic carbocycles. The van der Waals surface area contributed by atoms with E-state index >= 15 is 0 Å². The number of carboxylic acids is 1. The van der Waals surface area contributed by atoms with Crippen LogP contribution in [0.3, 0.4) is 0 Å². The molecular weight excluding hydrogens is 230 g/mol. The molecule has 1 saturated carbocycles. The summed E-state index contributed by atoms with van der Waals surface area (Å²) in [5, 5.41) is 12.3. The summed E-state index contributed by atoms with van der Waals surface area (Å²) in [6.45, 7) is 5.11. The molecule has 0 radical (unpaired) electrons. The topological polar surface area (TPSA) is 58.6 Å². The van der Waals surface area contributed by atoms with Crippen molar-refractivity contribution in [2.75, 3.05) is 13.7 Å². The van der Waals surface area contributed by atoms with Crippen LogP contribution < -0.4 is 5.32 Å². The molecule has 2 unspecified atom stereocenters. The Morgan fingerprint density at radius 2 is 2.17 bits per heavy atom. The Labute approximate surface area is 110 Å². The number of hydrogen-bond acceptors (Lipinski definition) is 3. The lowest BCUT2D eigenvalue weighted by molar-refractivity contribution is -0.149. The van der Waals surface area contributed by atoms with Crippen LogP contribution in [0.5, 0.6) is 0 Å². The Balaban J connectivity index is 2.50. The fourth-order valence-electron chi connectivity index (χ4n) is 2.69. The Morgan fingerprint density at radius 1 is 1.50 bits per heavy atom. The van der Waals surface area contributed by atoms with Gasteiger partial charge in [0.2, 0.25) is 0 Å². The van der Waals surface area contributed by atoms with Crippen LogP contribution in [0.2, 0.25) is 0 Å². The molecule has 4 nitrogen and oxygen atoms in total. The third kappa shape index (κ3) is 3.69. The first kappa shape index (κ1) is 15.4. The van der Waals surface area contributed by atoms with Gasteiger partial charge in [0.05, 0.1) is 6.10 Å². The van der Waals surface area contributed by atoms with Crippen molar-refractivity contribution in [2.45, 2.75) is 64.0 Å². The monoisotopic (exact) mass is 257 g/mol. The van der Waals surface area contributed by atoms with E-state index in [1.807, 2.05) is 0 Å². The first-order valence-corrected chi connectivity index (χ1v) is 7.11. The number of carbonyl (C=O) groups is 1. The fraction of sp³-hybridized carbons (Fsp3) is 0.929. The maximum atomic E-state index is 11.4. The molecule has 0 aromatic rings. The number of carboxylic acid groups (broad SMARTS) is 1. The van der Waals surface area contributed by atoms with Crippen molar-refractivity contribution in [3.05, 3.63) is 0 Å². The lowest BCUT2D eigenvalue weighted by atomic mass is 9.80. The molecule has 1 fully saturated rings. The van der Waals surface area contributed by atoms with Gasteiger partial charge in [0.15, 0.2) is 0 Å². The summed E-state index contributed by atoms with van der Waals surface area (Å²) in [5.74, 6) is -0.151. The van der Waals surface area contributed by atoms with E-state index in [-0.39, 0.29) is 6.10 Å². The standard InChI is InChI=1S/C14H27NO3/c1-4-11(5-2)10-18-12-7-6-8-14(9-12,15-3)13(16)17/h11-12,15H,4-10H2,1-3H3,(H,16,17). The second-order valence-corrected chi connectivity index (χ2v) is 5.37. The average Bonchev–Trinajstić information content (AvgIpc) is 2.40. The van der Waals surface area contributed by atoms with Crippen molar-refractivity contribution in [1.29, 1.82) is 0 Å². The van der Waals surface area contributed by atoms with Crippen LogP contribution >= 0.6 is 0 Å². The zero-order valence-electron chi connectivity index (χ0n) is 11.9. The van der Waals surface area contributed by atoms with Crippen molar-refractivity contribution < 1.29 is 14.6 Å². The van der Waals surface area contributed by atoms with E-state index in [9.17, 15) is 9.90 Å². The highest BCUT2D eigenvalue weighted by Crippen LogP contribution is 2.30. The van der Waals surface area contributed by atoms with Gasteiger partial charge < -0.3 is 15.2 Å². The van der Waals surface area contributed by atoms with Crippen LogP contribution in [0, 0.1) is 5.92 Å². The van der Waals surface area contributed by atoms with E-state index < -0.39 is 11.5 Å². The molecule has 106 valence electrons. The summed E-state index contributed by atoms with van der Waals surface area (Å²) < 4.78 is 5.93. The zero-order chi connectivity index (χ0) is 13.6. The van der Waals surface area contributed by atoms with Crippen LogP contribution in [0.15, 0.2) is 0 Å². The Hall–Kier alpha value is -0.610. The van der Waals surface area contributed by atoms with Crippen LogP contribution in [-0.2, 0) is 9.53 Å². The zero-order valence-corrected chi connectivity index (χ0v) is 11.9. The van der Waals surface area contributed by atoms with Gasteiger partial charge in [0.25, 0.3) is 0 Å². The fourth-order valence-corrected chi connectivity index (χ4v) is 2.69. The van der Waals surface area contributed by atoms with Crippen molar-refractivity contribution in [1.82, 2.24) is 5.32 Å². The van der Waals surface area contributed by atoms with Gasteiger partial charge in [-0.2, -0.15) is 0 Å². The predicted octanol–water partition coefficient (Wildman–Crippen LogP) is 2.42. The molecule has 0 aromatic carbocycles.